The number of rotatable bonds is 2. The molecule has 0 aromatic heterocycles. The molecule has 2 bridgehead atoms. The molecule has 2 saturated heterocycles. The minimum Gasteiger partial charge on any atom is -0.365 e. The first-order chi connectivity index (χ1) is 9.13. The third-order valence-electron chi connectivity index (χ3n) is 3.33. The van der Waals surface area contributed by atoms with Gasteiger partial charge in [-0.1, -0.05) is 12.2 Å². The Morgan fingerprint density at radius 1 is 1.10 bits per heavy atom. The summed E-state index contributed by atoms with van der Waals surface area (Å²) in [6, 6.07) is 0. The van der Waals surface area contributed by atoms with Crippen molar-refractivity contribution < 1.29 is 40.2 Å². The van der Waals surface area contributed by atoms with Gasteiger partial charge >= 0.3 is 15.6 Å². The maximum Gasteiger partial charge on any atom is 0.525 e. The van der Waals surface area contributed by atoms with Crippen molar-refractivity contribution in [3.63, 3.8) is 0 Å². The Hall–Kier alpha value is -1.46. The van der Waals surface area contributed by atoms with Gasteiger partial charge < -0.3 is 4.74 Å². The monoisotopic (exact) mass is 313 g/mol. The van der Waals surface area contributed by atoms with E-state index in [4.69, 9.17) is 4.74 Å². The fraction of sp³-hybridized carbons (Fsp3) is 0.556. The minimum atomic E-state index is -6.07. The van der Waals surface area contributed by atoms with Crippen molar-refractivity contribution in [3.8, 4) is 0 Å². The number of carbonyl (C=O) groups excluding carboxylic acids is 2. The lowest BCUT2D eigenvalue weighted by molar-refractivity contribution is -0.171. The van der Waals surface area contributed by atoms with E-state index < -0.39 is 51.5 Å². The summed E-state index contributed by atoms with van der Waals surface area (Å²) in [7, 11) is -6.07. The fourth-order valence-corrected chi connectivity index (χ4v) is 2.92. The summed E-state index contributed by atoms with van der Waals surface area (Å²) in [6.07, 6.45) is 1.50. The zero-order valence-corrected chi connectivity index (χ0v) is 10.2. The maximum atomic E-state index is 12.2. The van der Waals surface area contributed by atoms with Gasteiger partial charge in [0, 0.05) is 0 Å². The second kappa shape index (κ2) is 3.80. The van der Waals surface area contributed by atoms with Crippen molar-refractivity contribution in [2.45, 2.75) is 17.7 Å². The predicted octanol–water partition coefficient (Wildman–Crippen LogP) is -0.294. The molecule has 0 saturated carbocycles. The van der Waals surface area contributed by atoms with E-state index in [-0.39, 0.29) is 5.06 Å². The molecule has 11 heteroatoms. The average Bonchev–Trinajstić information content (AvgIpc) is 2.97. The van der Waals surface area contributed by atoms with E-state index >= 15 is 0 Å². The molecule has 3 heterocycles. The molecular formula is C9H6F3NO6S. The molecule has 3 unspecified atom stereocenters. The number of imide groups is 1. The van der Waals surface area contributed by atoms with Crippen LogP contribution in [0.3, 0.4) is 0 Å². The van der Waals surface area contributed by atoms with Gasteiger partial charge in [-0.05, 0) is 0 Å². The molecule has 110 valence electrons. The topological polar surface area (TPSA) is 90.0 Å². The van der Waals surface area contributed by atoms with E-state index in [9.17, 15) is 31.2 Å². The van der Waals surface area contributed by atoms with Crippen LogP contribution in [-0.4, -0.2) is 43.0 Å². The molecule has 3 rings (SSSR count). The Labute approximate surface area is 110 Å². The molecule has 2 fully saturated rings. The molecule has 0 aromatic carbocycles. The van der Waals surface area contributed by atoms with Crippen LogP contribution in [0.4, 0.5) is 13.2 Å². The number of hydrogen-bond donors (Lipinski definition) is 0. The Kier molecular flexibility index (Phi) is 2.57. The van der Waals surface area contributed by atoms with Crippen molar-refractivity contribution in [1.82, 2.24) is 5.06 Å². The van der Waals surface area contributed by atoms with Crippen LogP contribution in [0, 0.1) is 11.8 Å². The first-order valence-corrected chi connectivity index (χ1v) is 6.77. The number of carbonyl (C=O) groups is 2. The lowest BCUT2D eigenvalue weighted by Crippen LogP contribution is -2.40. The van der Waals surface area contributed by atoms with Crippen molar-refractivity contribution in [3.05, 3.63) is 12.2 Å². The number of hydroxylamine groups is 2. The van der Waals surface area contributed by atoms with Crippen LogP contribution >= 0.6 is 0 Å². The molecule has 7 nitrogen and oxygen atoms in total. The average molecular weight is 313 g/mol. The van der Waals surface area contributed by atoms with E-state index in [1.165, 1.54) is 12.2 Å². The summed E-state index contributed by atoms with van der Waals surface area (Å²) in [5.41, 5.74) is -5.72. The van der Waals surface area contributed by atoms with Gasteiger partial charge in [-0.25, -0.2) is 0 Å². The lowest BCUT2D eigenvalue weighted by Gasteiger charge is -2.16. The van der Waals surface area contributed by atoms with Crippen LogP contribution in [0.2, 0.25) is 0 Å². The van der Waals surface area contributed by atoms with E-state index in [2.05, 4.69) is 4.28 Å². The Bertz CT molecular complexity index is 596. The van der Waals surface area contributed by atoms with E-state index in [0.29, 0.717) is 0 Å². The molecule has 4 atom stereocenters. The third kappa shape index (κ3) is 1.63. The molecule has 3 aliphatic rings. The van der Waals surface area contributed by atoms with E-state index in [1.807, 2.05) is 0 Å². The Balaban J connectivity index is 1.88. The van der Waals surface area contributed by atoms with Gasteiger partial charge in [-0.2, -0.15) is 21.6 Å². The number of ether oxygens (including phenoxy) is 1. The molecule has 0 spiro atoms. The van der Waals surface area contributed by atoms with Crippen molar-refractivity contribution in [2.24, 2.45) is 11.8 Å². The minimum absolute atomic E-state index is 0.326. The highest BCUT2D eigenvalue weighted by molar-refractivity contribution is 7.87. The van der Waals surface area contributed by atoms with Crippen LogP contribution in [0.1, 0.15) is 0 Å². The number of hydrogen-bond acceptors (Lipinski definition) is 6. The third-order valence-corrected chi connectivity index (χ3v) is 4.24. The normalized spacial score (nSPS) is 36.0. The molecule has 0 aromatic rings. The summed E-state index contributed by atoms with van der Waals surface area (Å²) in [5.74, 6) is -4.38. The van der Waals surface area contributed by atoms with Gasteiger partial charge in [0.1, 0.15) is 0 Å². The Morgan fingerprint density at radius 3 is 1.95 bits per heavy atom. The van der Waals surface area contributed by atoms with Gasteiger partial charge in [-0.15, -0.1) is 9.35 Å². The van der Waals surface area contributed by atoms with Crippen molar-refractivity contribution >= 4 is 21.9 Å². The second-order valence-electron chi connectivity index (χ2n) is 4.45. The molecule has 20 heavy (non-hydrogen) atoms. The van der Waals surface area contributed by atoms with E-state index in [1.54, 1.807) is 0 Å². The van der Waals surface area contributed by atoms with Gasteiger partial charge in [0.25, 0.3) is 11.8 Å². The predicted molar refractivity (Wildman–Crippen MR) is 52.7 cm³/mol. The first kappa shape index (κ1) is 13.5. The van der Waals surface area contributed by atoms with Crippen LogP contribution < -0.4 is 0 Å². The summed E-state index contributed by atoms with van der Waals surface area (Å²) in [6.45, 7) is 0. The lowest BCUT2D eigenvalue weighted by atomic mass is 9.85. The van der Waals surface area contributed by atoms with Gasteiger partial charge in [0.05, 0.1) is 24.0 Å². The quantitative estimate of drug-likeness (QED) is 0.395. The van der Waals surface area contributed by atoms with Gasteiger partial charge in [-0.3, -0.25) is 9.59 Å². The zero-order valence-electron chi connectivity index (χ0n) is 9.40. The summed E-state index contributed by atoms with van der Waals surface area (Å²) in [4.78, 5) is 23.7. The molecule has 3 aliphatic heterocycles. The van der Waals surface area contributed by atoms with Crippen molar-refractivity contribution in [2.75, 3.05) is 0 Å². The molecular weight excluding hydrogens is 307 g/mol. The first-order valence-electron chi connectivity index (χ1n) is 5.36. The molecule has 0 radical (unpaired) electrons. The van der Waals surface area contributed by atoms with Crippen molar-refractivity contribution in [1.29, 1.82) is 0 Å². The molecule has 2 amide bonds. The zero-order chi connectivity index (χ0) is 14.9. The SMILES string of the molecule is O=C1C2C3C=C[C@H](O3)C2C(=O)N1OS(=O)(=O)C(F)(F)F. The van der Waals surface area contributed by atoms with Crippen LogP contribution in [0.5, 0.6) is 0 Å². The Morgan fingerprint density at radius 2 is 1.55 bits per heavy atom. The number of alkyl halides is 3. The molecule has 0 aliphatic carbocycles. The second-order valence-corrected chi connectivity index (χ2v) is 5.97. The van der Waals surface area contributed by atoms with Crippen LogP contribution in [-0.2, 0) is 28.7 Å². The molecule has 0 N–H and O–H groups in total. The number of halogens is 3. The number of nitrogens with zero attached hydrogens (tertiary/aromatic N) is 1. The highest BCUT2D eigenvalue weighted by Gasteiger charge is 2.63. The highest BCUT2D eigenvalue weighted by atomic mass is 32.2. The van der Waals surface area contributed by atoms with Gasteiger partial charge in [0.2, 0.25) is 0 Å². The van der Waals surface area contributed by atoms with E-state index in [0.717, 1.165) is 0 Å². The highest BCUT2D eigenvalue weighted by Crippen LogP contribution is 2.45. The summed E-state index contributed by atoms with van der Waals surface area (Å²) >= 11 is 0. The largest absolute Gasteiger partial charge is 0.525 e. The van der Waals surface area contributed by atoms with Gasteiger partial charge in [0.15, 0.2) is 0 Å². The standard InChI is InChI=1S/C9H6F3NO6S/c10-9(11,12)20(16,17)19-13-7(14)5-3-1-2-4(18-3)6(5)8(13)15/h1-6H/t3-,4?,5?,6?/m0/s1. The van der Waals surface area contributed by atoms with Crippen LogP contribution in [0.25, 0.3) is 0 Å². The van der Waals surface area contributed by atoms with Crippen LogP contribution in [0.15, 0.2) is 12.2 Å². The summed E-state index contributed by atoms with van der Waals surface area (Å²) in [5, 5.41) is -0.326. The smallest absolute Gasteiger partial charge is 0.365 e. The number of fused-ring (bicyclic) bond motifs is 5. The fourth-order valence-electron chi connectivity index (χ4n) is 2.49. The summed E-state index contributed by atoms with van der Waals surface area (Å²) < 4.78 is 67.2. The number of amides is 2. The maximum absolute atomic E-state index is 12.2.